The molecule has 1 aliphatic rings. The molecule has 2 aromatic carbocycles. The molecule has 4 nitrogen and oxygen atoms in total. The second-order valence-electron chi connectivity index (χ2n) is 8.45. The Morgan fingerprint density at radius 2 is 1.73 bits per heavy atom. The van der Waals surface area contributed by atoms with Gasteiger partial charge in [0.05, 0.1) is 11.7 Å². The highest BCUT2D eigenvalue weighted by Crippen LogP contribution is 2.43. The van der Waals surface area contributed by atoms with E-state index < -0.39 is 0 Å². The van der Waals surface area contributed by atoms with E-state index in [9.17, 15) is 0 Å². The van der Waals surface area contributed by atoms with Crippen molar-refractivity contribution in [1.82, 2.24) is 10.3 Å². The molecule has 1 N–H and O–H groups in total. The van der Waals surface area contributed by atoms with Crippen molar-refractivity contribution in [3.63, 3.8) is 0 Å². The van der Waals surface area contributed by atoms with Crippen molar-refractivity contribution in [3.8, 4) is 11.3 Å². The largest absolute Gasteiger partial charge is 0.459 e. The molecule has 6 heteroatoms. The van der Waals surface area contributed by atoms with Gasteiger partial charge in [0, 0.05) is 22.5 Å². The lowest BCUT2D eigenvalue weighted by Gasteiger charge is -2.26. The Kier molecular flexibility index (Phi) is 5.92. The van der Waals surface area contributed by atoms with E-state index >= 15 is 0 Å². The third-order valence-electron chi connectivity index (χ3n) is 5.98. The molecule has 3 heterocycles. The zero-order valence-corrected chi connectivity index (χ0v) is 20.0. The predicted octanol–water partition coefficient (Wildman–Crippen LogP) is 7.30. The summed E-state index contributed by atoms with van der Waals surface area (Å²) >= 11 is 11.9. The molecule has 0 spiro atoms. The molecule has 1 saturated heterocycles. The highest BCUT2D eigenvalue weighted by atomic mass is 35.5. The Morgan fingerprint density at radius 3 is 2.39 bits per heavy atom. The Hall–Kier alpha value is -3.15. The third-order valence-corrected chi connectivity index (χ3v) is 6.55. The molecule has 4 aromatic rings. The quantitative estimate of drug-likeness (QED) is 0.308. The second-order valence-corrected chi connectivity index (χ2v) is 9.27. The first-order valence-electron chi connectivity index (χ1n) is 11.0. The summed E-state index contributed by atoms with van der Waals surface area (Å²) in [6.07, 6.45) is 1.80. The fraction of sp³-hybridized carbons (Fsp3) is 0.185. The van der Waals surface area contributed by atoms with Gasteiger partial charge in [-0.15, -0.1) is 0 Å². The number of pyridine rings is 1. The Balaban J connectivity index is 1.57. The lowest BCUT2D eigenvalue weighted by molar-refractivity contribution is 0.439. The van der Waals surface area contributed by atoms with Gasteiger partial charge in [0.25, 0.3) is 0 Å². The van der Waals surface area contributed by atoms with Crippen LogP contribution in [0.5, 0.6) is 0 Å². The molecule has 0 unspecified atom stereocenters. The Morgan fingerprint density at radius 1 is 0.970 bits per heavy atom. The highest BCUT2D eigenvalue weighted by molar-refractivity contribution is 7.80. The molecule has 5 rings (SSSR count). The molecule has 1 aliphatic heterocycles. The smallest absolute Gasteiger partial charge is 0.174 e. The molecule has 0 saturated carbocycles. The van der Waals surface area contributed by atoms with E-state index in [0.29, 0.717) is 16.1 Å². The predicted molar refractivity (Wildman–Crippen MR) is 138 cm³/mol. The molecule has 0 aliphatic carbocycles. The zero-order chi connectivity index (χ0) is 22.9. The maximum absolute atomic E-state index is 6.40. The van der Waals surface area contributed by atoms with Gasteiger partial charge in [-0.2, -0.15) is 0 Å². The maximum atomic E-state index is 6.40. The van der Waals surface area contributed by atoms with Crippen LogP contribution in [-0.2, 0) is 0 Å². The van der Waals surface area contributed by atoms with Crippen molar-refractivity contribution >= 4 is 34.6 Å². The summed E-state index contributed by atoms with van der Waals surface area (Å²) in [7, 11) is 0. The maximum Gasteiger partial charge on any atom is 0.174 e. The van der Waals surface area contributed by atoms with Crippen LogP contribution in [0.4, 0.5) is 5.69 Å². The van der Waals surface area contributed by atoms with Gasteiger partial charge >= 0.3 is 0 Å². The molecule has 0 radical (unpaired) electrons. The van der Waals surface area contributed by atoms with Crippen LogP contribution in [0.1, 0.15) is 48.9 Å². The van der Waals surface area contributed by atoms with E-state index in [2.05, 4.69) is 53.3 Å². The van der Waals surface area contributed by atoms with Crippen LogP contribution in [0, 0.1) is 0 Å². The van der Waals surface area contributed by atoms with Crippen molar-refractivity contribution in [2.75, 3.05) is 4.90 Å². The van der Waals surface area contributed by atoms with Crippen LogP contribution in [0.15, 0.2) is 89.5 Å². The van der Waals surface area contributed by atoms with Gasteiger partial charge in [-0.1, -0.05) is 43.6 Å². The normalized spacial score (nSPS) is 18.1. The van der Waals surface area contributed by atoms with Crippen molar-refractivity contribution in [2.24, 2.45) is 0 Å². The van der Waals surface area contributed by atoms with E-state index in [0.717, 1.165) is 28.5 Å². The van der Waals surface area contributed by atoms with E-state index in [4.69, 9.17) is 28.2 Å². The topological polar surface area (TPSA) is 41.3 Å². The summed E-state index contributed by atoms with van der Waals surface area (Å²) in [5, 5.41) is 4.83. The summed E-state index contributed by atoms with van der Waals surface area (Å²) in [5.41, 5.74) is 4.19. The molecule has 166 valence electrons. The van der Waals surface area contributed by atoms with Gasteiger partial charge in [0.2, 0.25) is 0 Å². The number of halogens is 1. The summed E-state index contributed by atoms with van der Waals surface area (Å²) in [5.74, 6) is 2.07. The van der Waals surface area contributed by atoms with Gasteiger partial charge in [-0.3, -0.25) is 4.98 Å². The Labute approximate surface area is 204 Å². The minimum absolute atomic E-state index is 0.146. The first-order valence-corrected chi connectivity index (χ1v) is 11.8. The molecule has 2 atom stereocenters. The standard InChI is InChI=1S/C27H24ClN3OS/c1-17(2)18-8-12-21(13-9-18)31-26(25(30-27(31)33)22-5-3-4-16-29-22)24-15-14-23(32-24)19-6-10-20(28)11-7-19/h3-17,25-26H,1-2H3,(H,30,33)/t25-,26-/m0/s1. The number of nitrogens with one attached hydrogen (secondary N) is 1. The molecule has 0 bridgehead atoms. The number of aromatic nitrogens is 1. The van der Waals surface area contributed by atoms with Crippen LogP contribution < -0.4 is 10.2 Å². The van der Waals surface area contributed by atoms with Crippen LogP contribution in [-0.4, -0.2) is 10.1 Å². The summed E-state index contributed by atoms with van der Waals surface area (Å²) in [6, 6.07) is 25.8. The van der Waals surface area contributed by atoms with E-state index in [1.165, 1.54) is 5.56 Å². The lowest BCUT2D eigenvalue weighted by Crippen LogP contribution is -2.29. The van der Waals surface area contributed by atoms with Gasteiger partial charge < -0.3 is 14.6 Å². The number of hydrogen-bond donors (Lipinski definition) is 1. The lowest BCUT2D eigenvalue weighted by atomic mass is 10.0. The molecule has 1 fully saturated rings. The number of rotatable bonds is 5. The average molecular weight is 474 g/mol. The van der Waals surface area contributed by atoms with Crippen molar-refractivity contribution in [1.29, 1.82) is 0 Å². The number of anilines is 1. The van der Waals surface area contributed by atoms with Crippen molar-refractivity contribution < 1.29 is 4.42 Å². The first-order chi connectivity index (χ1) is 16.0. The van der Waals surface area contributed by atoms with Crippen LogP contribution in [0.3, 0.4) is 0 Å². The fourth-order valence-corrected chi connectivity index (χ4v) is 4.69. The van der Waals surface area contributed by atoms with Gasteiger partial charge in [0.1, 0.15) is 17.6 Å². The van der Waals surface area contributed by atoms with Gasteiger partial charge in [0.15, 0.2) is 5.11 Å². The molecular weight excluding hydrogens is 450 g/mol. The van der Waals surface area contributed by atoms with Crippen LogP contribution in [0.25, 0.3) is 11.3 Å². The summed E-state index contributed by atoms with van der Waals surface area (Å²) < 4.78 is 6.40. The number of nitrogens with zero attached hydrogens (tertiary/aromatic N) is 2. The zero-order valence-electron chi connectivity index (χ0n) is 18.4. The van der Waals surface area contributed by atoms with Crippen molar-refractivity contribution in [2.45, 2.75) is 31.8 Å². The average Bonchev–Trinajstić information content (AvgIpc) is 3.45. The minimum Gasteiger partial charge on any atom is -0.459 e. The van der Waals surface area contributed by atoms with Crippen LogP contribution >= 0.6 is 23.8 Å². The van der Waals surface area contributed by atoms with E-state index in [1.54, 1.807) is 6.20 Å². The molecular formula is C27H24ClN3OS. The third kappa shape index (κ3) is 4.26. The summed E-state index contributed by atoms with van der Waals surface area (Å²) in [6.45, 7) is 4.39. The molecule has 2 aromatic heterocycles. The number of benzene rings is 2. The van der Waals surface area contributed by atoms with E-state index in [1.807, 2.05) is 54.6 Å². The first kappa shape index (κ1) is 21.7. The van der Waals surface area contributed by atoms with Crippen molar-refractivity contribution in [3.05, 3.63) is 107 Å². The number of furan rings is 1. The van der Waals surface area contributed by atoms with E-state index in [-0.39, 0.29) is 12.1 Å². The van der Waals surface area contributed by atoms with Gasteiger partial charge in [-0.05, 0) is 84.4 Å². The SMILES string of the molecule is CC(C)c1ccc(N2C(=S)N[C@@H](c3ccccn3)[C@@H]2c2ccc(-c3ccc(Cl)cc3)o2)cc1. The molecule has 0 amide bonds. The number of hydrogen-bond acceptors (Lipinski definition) is 3. The number of thiocarbonyl (C=S) groups is 1. The van der Waals surface area contributed by atoms with Gasteiger partial charge in [-0.25, -0.2) is 0 Å². The Bertz CT molecular complexity index is 1250. The summed E-state index contributed by atoms with van der Waals surface area (Å²) in [4.78, 5) is 6.73. The highest BCUT2D eigenvalue weighted by Gasteiger charge is 2.42. The monoisotopic (exact) mass is 473 g/mol. The second kappa shape index (κ2) is 9.00. The molecule has 33 heavy (non-hydrogen) atoms. The fourth-order valence-electron chi connectivity index (χ4n) is 4.22. The van der Waals surface area contributed by atoms with Crippen LogP contribution in [0.2, 0.25) is 5.02 Å². The minimum atomic E-state index is -0.182.